The summed E-state index contributed by atoms with van der Waals surface area (Å²) in [5.41, 5.74) is 3.90. The molecule has 174 valence electrons. The number of carbonyl (C=O) groups excluding carboxylic acids is 1. The molecule has 35 heavy (non-hydrogen) atoms. The number of aromatic carboxylic acids is 1. The number of carboxylic acids is 1. The zero-order valence-electron chi connectivity index (χ0n) is 19.2. The van der Waals surface area contributed by atoms with Gasteiger partial charge < -0.3 is 14.7 Å². The molecule has 4 aromatic carbocycles. The summed E-state index contributed by atoms with van der Waals surface area (Å²) in [6.45, 7) is 1.30. The van der Waals surface area contributed by atoms with Crippen molar-refractivity contribution in [2.24, 2.45) is 0 Å². The number of hydrogen-bond acceptors (Lipinski definition) is 3. The minimum absolute atomic E-state index is 0.0814. The van der Waals surface area contributed by atoms with Crippen LogP contribution in [0.1, 0.15) is 27.0 Å². The third kappa shape index (κ3) is 4.94. The topological polar surface area (TPSA) is 66.8 Å². The number of hydrogen-bond donors (Lipinski definition) is 1. The van der Waals surface area contributed by atoms with Crippen LogP contribution >= 0.6 is 0 Å². The molecule has 1 aliphatic heterocycles. The van der Waals surface area contributed by atoms with Gasteiger partial charge in [-0.2, -0.15) is 0 Å². The molecule has 0 aliphatic carbocycles. The maximum Gasteiger partial charge on any atom is 0.335 e. The highest BCUT2D eigenvalue weighted by atomic mass is 16.5. The van der Waals surface area contributed by atoms with Gasteiger partial charge in [-0.1, -0.05) is 72.8 Å². The summed E-state index contributed by atoms with van der Waals surface area (Å²) in [5.74, 6) is -0.350. The average Bonchev–Trinajstić information content (AvgIpc) is 2.90. The Morgan fingerprint density at radius 3 is 2.37 bits per heavy atom. The number of amides is 1. The molecule has 0 bridgehead atoms. The Kier molecular flexibility index (Phi) is 6.31. The zero-order chi connectivity index (χ0) is 24.2. The average molecular weight is 464 g/mol. The van der Waals surface area contributed by atoms with Gasteiger partial charge >= 0.3 is 5.97 Å². The molecule has 0 saturated carbocycles. The Hall–Kier alpha value is -4.38. The van der Waals surface area contributed by atoms with Crippen LogP contribution in [0.2, 0.25) is 0 Å². The molecular formula is C30H25NO4. The van der Waals surface area contributed by atoms with Crippen molar-refractivity contribution in [2.45, 2.75) is 13.0 Å². The van der Waals surface area contributed by atoms with E-state index in [0.29, 0.717) is 24.4 Å². The monoisotopic (exact) mass is 463 g/mol. The molecule has 1 heterocycles. The molecule has 5 rings (SSSR count). The largest absolute Gasteiger partial charge is 0.488 e. The highest BCUT2D eigenvalue weighted by Gasteiger charge is 2.24. The van der Waals surface area contributed by atoms with E-state index in [1.807, 2.05) is 59.5 Å². The molecular weight excluding hydrogens is 438 g/mol. The first-order valence-corrected chi connectivity index (χ1v) is 11.6. The van der Waals surface area contributed by atoms with Gasteiger partial charge in [-0.25, -0.2) is 4.79 Å². The molecule has 5 nitrogen and oxygen atoms in total. The lowest BCUT2D eigenvalue weighted by atomic mass is 9.99. The van der Waals surface area contributed by atoms with Crippen LogP contribution in [-0.2, 0) is 17.8 Å². The predicted octanol–water partition coefficient (Wildman–Crippen LogP) is 5.59. The van der Waals surface area contributed by atoms with Crippen molar-refractivity contribution in [3.8, 4) is 5.75 Å². The first-order valence-electron chi connectivity index (χ1n) is 11.6. The van der Waals surface area contributed by atoms with E-state index in [4.69, 9.17) is 4.74 Å². The Labute approximate surface area is 203 Å². The van der Waals surface area contributed by atoms with Gasteiger partial charge in [0.2, 0.25) is 0 Å². The van der Waals surface area contributed by atoms with Crippen molar-refractivity contribution in [2.75, 3.05) is 13.2 Å². The molecule has 1 N–H and O–H groups in total. The molecule has 1 aliphatic rings. The fourth-order valence-corrected chi connectivity index (χ4v) is 4.44. The van der Waals surface area contributed by atoms with E-state index in [1.54, 1.807) is 30.3 Å². The van der Waals surface area contributed by atoms with E-state index >= 15 is 0 Å². The second-order valence-corrected chi connectivity index (χ2v) is 8.61. The molecule has 0 fully saturated rings. The molecule has 0 unspecified atom stereocenters. The van der Waals surface area contributed by atoms with Crippen molar-refractivity contribution in [1.29, 1.82) is 0 Å². The van der Waals surface area contributed by atoms with Gasteiger partial charge in [-0.05, 0) is 52.8 Å². The molecule has 4 aromatic rings. The van der Waals surface area contributed by atoms with E-state index in [2.05, 4.69) is 12.1 Å². The summed E-state index contributed by atoms with van der Waals surface area (Å²) < 4.78 is 6.19. The molecule has 0 spiro atoms. The zero-order valence-corrected chi connectivity index (χ0v) is 19.2. The van der Waals surface area contributed by atoms with Crippen LogP contribution in [0.25, 0.3) is 16.8 Å². The fraction of sp³-hybridized carbons (Fsp3) is 0.133. The number of rotatable bonds is 6. The van der Waals surface area contributed by atoms with E-state index < -0.39 is 5.97 Å². The van der Waals surface area contributed by atoms with E-state index in [-0.39, 0.29) is 18.1 Å². The predicted molar refractivity (Wildman–Crippen MR) is 136 cm³/mol. The molecule has 0 aromatic heterocycles. The van der Waals surface area contributed by atoms with Gasteiger partial charge in [0.25, 0.3) is 5.91 Å². The van der Waals surface area contributed by atoms with Gasteiger partial charge in [-0.3, -0.25) is 4.79 Å². The fourth-order valence-electron chi connectivity index (χ4n) is 4.44. The van der Waals surface area contributed by atoms with Crippen molar-refractivity contribution in [3.63, 3.8) is 0 Å². The Balaban J connectivity index is 1.44. The minimum Gasteiger partial charge on any atom is -0.488 e. The van der Waals surface area contributed by atoms with Crippen LogP contribution in [-0.4, -0.2) is 35.0 Å². The smallest absolute Gasteiger partial charge is 0.335 e. The summed E-state index contributed by atoms with van der Waals surface area (Å²) in [4.78, 5) is 26.7. The van der Waals surface area contributed by atoms with Crippen molar-refractivity contribution in [3.05, 3.63) is 119 Å². The summed E-state index contributed by atoms with van der Waals surface area (Å²) in [7, 11) is 0. The van der Waals surface area contributed by atoms with Crippen LogP contribution in [0.5, 0.6) is 5.75 Å². The number of ether oxygens (including phenoxy) is 1. The summed E-state index contributed by atoms with van der Waals surface area (Å²) in [6.07, 6.45) is 2.60. The lowest BCUT2D eigenvalue weighted by Gasteiger charge is -2.29. The number of benzene rings is 4. The highest BCUT2D eigenvalue weighted by Crippen LogP contribution is 2.27. The molecule has 1 amide bonds. The number of carbonyl (C=O) groups is 2. The maximum atomic E-state index is 13.7. The Morgan fingerprint density at radius 1 is 0.857 bits per heavy atom. The summed E-state index contributed by atoms with van der Waals surface area (Å²) in [6, 6.07) is 28.5. The molecule has 0 radical (unpaired) electrons. The van der Waals surface area contributed by atoms with Gasteiger partial charge in [0.1, 0.15) is 12.4 Å². The number of nitrogens with zero attached hydrogens (tertiary/aromatic N) is 1. The van der Waals surface area contributed by atoms with E-state index in [9.17, 15) is 14.7 Å². The Morgan fingerprint density at radius 2 is 1.57 bits per heavy atom. The Bertz CT molecular complexity index is 1420. The standard InChI is InChI=1S/C30H25NO4/c32-29(31-17-16-22-6-1-2-8-25(22)19-31)26(18-21-12-14-24(15-13-21)30(33)34)20-35-28-11-5-9-23-7-3-4-10-27(23)28/h1-15,18H,16-17,19-20H2,(H,33,34). The summed E-state index contributed by atoms with van der Waals surface area (Å²) in [5, 5.41) is 11.3. The number of fused-ring (bicyclic) bond motifs is 2. The minimum atomic E-state index is -0.983. The van der Waals surface area contributed by atoms with E-state index in [0.717, 1.165) is 28.3 Å². The normalized spacial score (nSPS) is 13.4. The third-order valence-electron chi connectivity index (χ3n) is 6.32. The third-order valence-corrected chi connectivity index (χ3v) is 6.32. The van der Waals surface area contributed by atoms with Gasteiger partial charge in [0.15, 0.2) is 0 Å². The van der Waals surface area contributed by atoms with Gasteiger partial charge in [0.05, 0.1) is 11.1 Å². The van der Waals surface area contributed by atoms with Crippen LogP contribution in [0.3, 0.4) is 0 Å². The van der Waals surface area contributed by atoms with Crippen LogP contribution < -0.4 is 4.74 Å². The van der Waals surface area contributed by atoms with Gasteiger partial charge in [-0.15, -0.1) is 0 Å². The van der Waals surface area contributed by atoms with E-state index in [1.165, 1.54) is 5.56 Å². The SMILES string of the molecule is O=C(O)c1ccc(C=C(COc2cccc3ccccc23)C(=O)N2CCc3ccccc3C2)cc1. The van der Waals surface area contributed by atoms with Crippen molar-refractivity contribution >= 4 is 28.7 Å². The summed E-state index contributed by atoms with van der Waals surface area (Å²) >= 11 is 0. The molecule has 5 heteroatoms. The van der Waals surface area contributed by atoms with Crippen LogP contribution in [0.15, 0.2) is 96.6 Å². The first-order chi connectivity index (χ1) is 17.1. The lowest BCUT2D eigenvalue weighted by Crippen LogP contribution is -2.37. The quantitative estimate of drug-likeness (QED) is 0.379. The number of carboxylic acid groups (broad SMARTS) is 1. The maximum absolute atomic E-state index is 13.7. The van der Waals surface area contributed by atoms with Crippen LogP contribution in [0, 0.1) is 0 Å². The van der Waals surface area contributed by atoms with Crippen LogP contribution in [0.4, 0.5) is 0 Å². The second-order valence-electron chi connectivity index (χ2n) is 8.61. The molecule has 0 saturated heterocycles. The highest BCUT2D eigenvalue weighted by molar-refractivity contribution is 5.98. The lowest BCUT2D eigenvalue weighted by molar-refractivity contribution is -0.128. The molecule has 0 atom stereocenters. The second kappa shape index (κ2) is 9.85. The van der Waals surface area contributed by atoms with Crippen molar-refractivity contribution < 1.29 is 19.4 Å². The van der Waals surface area contributed by atoms with Crippen molar-refractivity contribution in [1.82, 2.24) is 4.90 Å². The van der Waals surface area contributed by atoms with Gasteiger partial charge in [0, 0.05) is 18.5 Å². The first kappa shape index (κ1) is 22.4.